The number of nitrogens with zero attached hydrogens (tertiary/aromatic N) is 1. The molecule has 0 spiro atoms. The lowest BCUT2D eigenvalue weighted by Crippen LogP contribution is -2.49. The van der Waals surface area contributed by atoms with Gasteiger partial charge in [0, 0.05) is 13.1 Å². The third kappa shape index (κ3) is 3.17. The van der Waals surface area contributed by atoms with Crippen LogP contribution < -0.4 is 5.32 Å². The molecule has 1 aliphatic heterocycles. The molecule has 1 saturated heterocycles. The Labute approximate surface area is 106 Å². The van der Waals surface area contributed by atoms with E-state index in [4.69, 9.17) is 17.0 Å². The normalized spacial score (nSPS) is 15.3. The van der Waals surface area contributed by atoms with Gasteiger partial charge in [0.25, 0.3) is 0 Å². The summed E-state index contributed by atoms with van der Waals surface area (Å²) in [4.78, 5) is 13.2. The average molecular weight is 250 g/mol. The number of nitrogens with one attached hydrogen (secondary N) is 1. The first-order valence-corrected chi connectivity index (χ1v) is 5.94. The van der Waals surface area contributed by atoms with E-state index in [0.29, 0.717) is 11.7 Å². The van der Waals surface area contributed by atoms with Crippen molar-refractivity contribution in [2.45, 2.75) is 13.0 Å². The van der Waals surface area contributed by atoms with Crippen molar-refractivity contribution in [3.63, 3.8) is 0 Å². The fourth-order valence-electron chi connectivity index (χ4n) is 1.60. The lowest BCUT2D eigenvalue weighted by molar-refractivity contribution is 0.114. The van der Waals surface area contributed by atoms with Gasteiger partial charge in [-0.1, -0.05) is 30.3 Å². The first kappa shape index (κ1) is 11.9. The van der Waals surface area contributed by atoms with Crippen molar-refractivity contribution in [3.8, 4) is 0 Å². The summed E-state index contributed by atoms with van der Waals surface area (Å²) in [5.74, 6) is 0. The number of ether oxygens (including phenoxy) is 1. The quantitative estimate of drug-likeness (QED) is 0.814. The van der Waals surface area contributed by atoms with Crippen molar-refractivity contribution in [2.75, 3.05) is 13.1 Å². The Bertz CT molecular complexity index is 408. The summed E-state index contributed by atoms with van der Waals surface area (Å²) in [5.41, 5.74) is 0.969. The zero-order valence-corrected chi connectivity index (χ0v) is 10.2. The van der Waals surface area contributed by atoms with Crippen molar-refractivity contribution in [2.24, 2.45) is 0 Å². The van der Waals surface area contributed by atoms with Crippen molar-refractivity contribution >= 4 is 23.4 Å². The van der Waals surface area contributed by atoms with Gasteiger partial charge in [0.05, 0.1) is 0 Å². The van der Waals surface area contributed by atoms with Crippen LogP contribution in [0.1, 0.15) is 12.0 Å². The van der Waals surface area contributed by atoms with Crippen LogP contribution in [0.3, 0.4) is 0 Å². The molecule has 1 aliphatic rings. The molecule has 0 radical (unpaired) electrons. The molecule has 1 heterocycles. The van der Waals surface area contributed by atoms with E-state index in [-0.39, 0.29) is 12.7 Å². The highest BCUT2D eigenvalue weighted by Gasteiger charge is 2.22. The molecule has 2 rings (SSSR count). The first-order chi connectivity index (χ1) is 8.27. The number of hydrogen-bond acceptors (Lipinski definition) is 3. The van der Waals surface area contributed by atoms with Gasteiger partial charge in [0.15, 0.2) is 5.11 Å². The summed E-state index contributed by atoms with van der Waals surface area (Å²) >= 11 is 5.05. The minimum atomic E-state index is -0.383. The molecule has 90 valence electrons. The van der Waals surface area contributed by atoms with Crippen LogP contribution in [0.5, 0.6) is 0 Å². The lowest BCUT2D eigenvalue weighted by atomic mass is 10.2. The van der Waals surface area contributed by atoms with Gasteiger partial charge >= 0.3 is 6.09 Å². The number of amides is 1. The molecule has 1 N–H and O–H groups in total. The van der Waals surface area contributed by atoms with Crippen molar-refractivity contribution in [3.05, 3.63) is 35.9 Å². The molecular weight excluding hydrogens is 236 g/mol. The second kappa shape index (κ2) is 5.63. The molecule has 1 aromatic carbocycles. The minimum absolute atomic E-state index is 0.277. The van der Waals surface area contributed by atoms with Crippen LogP contribution in [0.2, 0.25) is 0 Å². The van der Waals surface area contributed by atoms with Gasteiger partial charge in [0.2, 0.25) is 0 Å². The molecule has 1 fully saturated rings. The van der Waals surface area contributed by atoms with E-state index in [1.807, 2.05) is 30.3 Å². The number of hydrogen-bond donors (Lipinski definition) is 1. The van der Waals surface area contributed by atoms with Gasteiger partial charge in [-0.15, -0.1) is 0 Å². The Hall–Kier alpha value is -1.62. The van der Waals surface area contributed by atoms with E-state index in [2.05, 4.69) is 5.32 Å². The van der Waals surface area contributed by atoms with Crippen molar-refractivity contribution in [1.29, 1.82) is 0 Å². The predicted octanol–water partition coefficient (Wildman–Crippen LogP) is 1.90. The Balaban J connectivity index is 1.87. The highest BCUT2D eigenvalue weighted by Crippen LogP contribution is 2.06. The molecule has 0 unspecified atom stereocenters. The first-order valence-electron chi connectivity index (χ1n) is 5.53. The summed E-state index contributed by atoms with van der Waals surface area (Å²) in [6, 6.07) is 9.58. The number of benzene rings is 1. The van der Waals surface area contributed by atoms with Crippen molar-refractivity contribution in [1.82, 2.24) is 10.2 Å². The van der Waals surface area contributed by atoms with Crippen LogP contribution in [0, 0.1) is 0 Å². The van der Waals surface area contributed by atoms with E-state index in [1.165, 1.54) is 4.90 Å². The van der Waals surface area contributed by atoms with Crippen LogP contribution in [0.25, 0.3) is 0 Å². The van der Waals surface area contributed by atoms with Crippen LogP contribution in [0.15, 0.2) is 30.3 Å². The van der Waals surface area contributed by atoms with E-state index in [9.17, 15) is 4.79 Å². The number of rotatable bonds is 2. The minimum Gasteiger partial charge on any atom is -0.444 e. The van der Waals surface area contributed by atoms with E-state index >= 15 is 0 Å². The van der Waals surface area contributed by atoms with Gasteiger partial charge in [-0.25, -0.2) is 4.79 Å². The van der Waals surface area contributed by atoms with Crippen molar-refractivity contribution < 1.29 is 9.53 Å². The predicted molar refractivity (Wildman–Crippen MR) is 68.6 cm³/mol. The highest BCUT2D eigenvalue weighted by atomic mass is 32.1. The molecule has 0 aliphatic carbocycles. The van der Waals surface area contributed by atoms with E-state index in [1.54, 1.807) is 0 Å². The molecule has 0 saturated carbocycles. The summed E-state index contributed by atoms with van der Waals surface area (Å²) in [6.45, 7) is 1.72. The third-order valence-corrected chi connectivity index (χ3v) is 2.87. The summed E-state index contributed by atoms with van der Waals surface area (Å²) < 4.78 is 5.20. The molecule has 5 heteroatoms. The Morgan fingerprint density at radius 2 is 2.18 bits per heavy atom. The van der Waals surface area contributed by atoms with Gasteiger partial charge in [0.1, 0.15) is 6.61 Å². The van der Waals surface area contributed by atoms with Crippen LogP contribution in [-0.2, 0) is 11.3 Å². The Morgan fingerprint density at radius 1 is 1.41 bits per heavy atom. The highest BCUT2D eigenvalue weighted by molar-refractivity contribution is 7.80. The lowest BCUT2D eigenvalue weighted by Gasteiger charge is -2.27. The molecule has 4 nitrogen and oxygen atoms in total. The fourth-order valence-corrected chi connectivity index (χ4v) is 1.87. The molecule has 0 bridgehead atoms. The number of carbonyl (C=O) groups excluding carboxylic acids is 1. The summed E-state index contributed by atoms with van der Waals surface area (Å²) in [5, 5.41) is 3.42. The molecule has 1 amide bonds. The zero-order valence-electron chi connectivity index (χ0n) is 9.39. The maximum atomic E-state index is 11.8. The smallest absolute Gasteiger partial charge is 0.416 e. The Kier molecular flexibility index (Phi) is 3.93. The van der Waals surface area contributed by atoms with Gasteiger partial charge in [-0.2, -0.15) is 0 Å². The Morgan fingerprint density at radius 3 is 2.88 bits per heavy atom. The largest absolute Gasteiger partial charge is 0.444 e. The number of thiocarbonyl (C=S) groups is 1. The van der Waals surface area contributed by atoms with Crippen LogP contribution in [0.4, 0.5) is 4.79 Å². The molecular formula is C12H14N2O2S. The monoisotopic (exact) mass is 250 g/mol. The SMILES string of the molecule is O=C(OCc1ccccc1)N1CCCNC1=S. The number of carbonyl (C=O) groups is 1. The molecule has 0 atom stereocenters. The van der Waals surface area contributed by atoms with Gasteiger partial charge in [-0.05, 0) is 24.2 Å². The second-order valence-electron chi connectivity index (χ2n) is 3.78. The topological polar surface area (TPSA) is 41.6 Å². The van der Waals surface area contributed by atoms with Crippen LogP contribution >= 0.6 is 12.2 Å². The van der Waals surface area contributed by atoms with E-state index in [0.717, 1.165) is 18.5 Å². The maximum Gasteiger partial charge on any atom is 0.416 e. The molecule has 0 aromatic heterocycles. The molecule has 17 heavy (non-hydrogen) atoms. The standard InChI is InChI=1S/C12H14N2O2S/c15-12(14-8-4-7-13-11(14)17)16-9-10-5-2-1-3-6-10/h1-3,5-6H,4,7-9H2,(H,13,17). The second-order valence-corrected chi connectivity index (χ2v) is 4.16. The van der Waals surface area contributed by atoms with Gasteiger partial charge < -0.3 is 10.1 Å². The van der Waals surface area contributed by atoms with E-state index < -0.39 is 0 Å². The fraction of sp³-hybridized carbons (Fsp3) is 0.333. The summed E-state index contributed by atoms with van der Waals surface area (Å²) in [6.07, 6.45) is 0.506. The van der Waals surface area contributed by atoms with Crippen LogP contribution in [-0.4, -0.2) is 29.2 Å². The molecule has 1 aromatic rings. The van der Waals surface area contributed by atoms with Gasteiger partial charge in [-0.3, -0.25) is 4.90 Å². The average Bonchev–Trinajstić information content (AvgIpc) is 2.38. The maximum absolute atomic E-state index is 11.8. The summed E-state index contributed by atoms with van der Waals surface area (Å²) in [7, 11) is 0. The third-order valence-electron chi connectivity index (χ3n) is 2.51. The zero-order chi connectivity index (χ0) is 12.1.